The number of fused-ring (bicyclic) bond motifs is 1. The van der Waals surface area contributed by atoms with E-state index < -0.39 is 5.97 Å². The van der Waals surface area contributed by atoms with Crippen molar-refractivity contribution >= 4 is 16.9 Å². The maximum absolute atomic E-state index is 11.7. The Morgan fingerprint density at radius 3 is 2.80 bits per heavy atom. The van der Waals surface area contributed by atoms with Crippen LogP contribution in [0.2, 0.25) is 0 Å². The van der Waals surface area contributed by atoms with Crippen molar-refractivity contribution in [3.63, 3.8) is 0 Å². The average molecular weight is 267 g/mol. The molecule has 0 unspecified atom stereocenters. The first kappa shape index (κ1) is 12.3. The van der Waals surface area contributed by atoms with Crippen molar-refractivity contribution in [1.82, 2.24) is 14.8 Å². The minimum atomic E-state index is -0.449. The van der Waals surface area contributed by atoms with E-state index in [2.05, 4.69) is 10.1 Å². The minimum Gasteiger partial charge on any atom is -0.464 e. The van der Waals surface area contributed by atoms with Gasteiger partial charge in [0.05, 0.1) is 30.8 Å². The summed E-state index contributed by atoms with van der Waals surface area (Å²) >= 11 is 0. The van der Waals surface area contributed by atoms with Crippen molar-refractivity contribution < 1.29 is 9.53 Å². The number of pyridine rings is 1. The van der Waals surface area contributed by atoms with Gasteiger partial charge in [0.25, 0.3) is 0 Å². The van der Waals surface area contributed by atoms with Crippen LogP contribution in [0.25, 0.3) is 10.9 Å². The van der Waals surface area contributed by atoms with Gasteiger partial charge in [-0.2, -0.15) is 5.10 Å². The molecule has 0 saturated heterocycles. The fourth-order valence-electron chi connectivity index (χ4n) is 2.15. The molecule has 0 saturated carbocycles. The summed E-state index contributed by atoms with van der Waals surface area (Å²) in [5.74, 6) is -0.449. The van der Waals surface area contributed by atoms with Crippen LogP contribution < -0.4 is 0 Å². The van der Waals surface area contributed by atoms with E-state index in [0.717, 1.165) is 11.1 Å². The molecular weight excluding hydrogens is 254 g/mol. The predicted molar refractivity (Wildman–Crippen MR) is 74.4 cm³/mol. The van der Waals surface area contributed by atoms with Crippen LogP contribution >= 0.6 is 0 Å². The predicted octanol–water partition coefficient (Wildman–Crippen LogP) is 2.27. The van der Waals surface area contributed by atoms with Crippen molar-refractivity contribution in [2.45, 2.75) is 6.54 Å². The largest absolute Gasteiger partial charge is 0.464 e. The van der Waals surface area contributed by atoms with Gasteiger partial charge in [-0.15, -0.1) is 0 Å². The summed E-state index contributed by atoms with van der Waals surface area (Å²) in [7, 11) is 1.34. The molecule has 0 aliphatic heterocycles. The van der Waals surface area contributed by atoms with Gasteiger partial charge in [-0.05, 0) is 11.6 Å². The Bertz CT molecular complexity index is 750. The second-order valence-electron chi connectivity index (χ2n) is 4.37. The summed E-state index contributed by atoms with van der Waals surface area (Å²) in [6, 6.07) is 11.9. The van der Waals surface area contributed by atoms with Gasteiger partial charge in [0, 0.05) is 6.20 Å². The lowest BCUT2D eigenvalue weighted by Crippen LogP contribution is -2.05. The molecule has 1 aromatic carbocycles. The second kappa shape index (κ2) is 5.13. The number of aromatic nitrogens is 3. The van der Waals surface area contributed by atoms with Crippen LogP contribution in [0.3, 0.4) is 0 Å². The summed E-state index contributed by atoms with van der Waals surface area (Å²) < 4.78 is 6.58. The average Bonchev–Trinajstić information content (AvgIpc) is 2.91. The lowest BCUT2D eigenvalue weighted by molar-refractivity contribution is 0.0596. The molecule has 0 atom stereocenters. The number of hydrogen-bond donors (Lipinski definition) is 0. The number of ether oxygens (including phenoxy) is 1. The molecule has 20 heavy (non-hydrogen) atoms. The highest BCUT2D eigenvalue weighted by Gasteiger charge is 2.14. The van der Waals surface area contributed by atoms with Crippen LogP contribution in [0.15, 0.2) is 48.8 Å². The molecule has 0 amide bonds. The van der Waals surface area contributed by atoms with Crippen LogP contribution in [0.4, 0.5) is 0 Å². The van der Waals surface area contributed by atoms with Gasteiger partial charge in [0.15, 0.2) is 5.69 Å². The van der Waals surface area contributed by atoms with Crippen LogP contribution in [-0.4, -0.2) is 27.8 Å². The highest BCUT2D eigenvalue weighted by Crippen LogP contribution is 2.18. The third kappa shape index (κ3) is 2.14. The highest BCUT2D eigenvalue weighted by atomic mass is 16.5. The number of esters is 1. The van der Waals surface area contributed by atoms with Crippen molar-refractivity contribution in [1.29, 1.82) is 0 Å². The van der Waals surface area contributed by atoms with Crippen LogP contribution in [0, 0.1) is 0 Å². The van der Waals surface area contributed by atoms with Crippen molar-refractivity contribution in [2.24, 2.45) is 0 Å². The smallest absolute Gasteiger partial charge is 0.357 e. The molecule has 5 heteroatoms. The first-order valence-corrected chi connectivity index (χ1v) is 6.22. The summed E-state index contributed by atoms with van der Waals surface area (Å²) in [6.07, 6.45) is 3.25. The first-order chi connectivity index (χ1) is 9.79. The van der Waals surface area contributed by atoms with Crippen molar-refractivity contribution in [2.75, 3.05) is 7.11 Å². The summed E-state index contributed by atoms with van der Waals surface area (Å²) in [5.41, 5.74) is 2.31. The molecule has 5 nitrogen and oxygen atoms in total. The molecule has 0 spiro atoms. The highest BCUT2D eigenvalue weighted by molar-refractivity contribution is 6.01. The van der Waals surface area contributed by atoms with E-state index in [1.54, 1.807) is 12.4 Å². The third-order valence-electron chi connectivity index (χ3n) is 3.13. The molecule has 3 rings (SSSR count). The van der Waals surface area contributed by atoms with Gasteiger partial charge in [-0.3, -0.25) is 4.68 Å². The quantitative estimate of drug-likeness (QED) is 0.683. The Morgan fingerprint density at radius 1 is 1.25 bits per heavy atom. The summed E-state index contributed by atoms with van der Waals surface area (Å²) in [5, 5.41) is 5.04. The lowest BCUT2D eigenvalue weighted by Gasteiger charge is -2.04. The molecule has 0 N–H and O–H groups in total. The molecule has 0 aliphatic carbocycles. The van der Waals surface area contributed by atoms with Gasteiger partial charge >= 0.3 is 5.97 Å². The maximum Gasteiger partial charge on any atom is 0.357 e. The normalized spacial score (nSPS) is 10.7. The van der Waals surface area contributed by atoms with Gasteiger partial charge < -0.3 is 4.74 Å². The second-order valence-corrected chi connectivity index (χ2v) is 4.37. The fraction of sp³-hybridized carbons (Fsp3) is 0.133. The summed E-state index contributed by atoms with van der Waals surface area (Å²) in [4.78, 5) is 15.7. The van der Waals surface area contributed by atoms with E-state index in [1.165, 1.54) is 7.11 Å². The fourth-order valence-corrected chi connectivity index (χ4v) is 2.15. The van der Waals surface area contributed by atoms with Crippen LogP contribution in [0.5, 0.6) is 0 Å². The third-order valence-corrected chi connectivity index (χ3v) is 3.13. The molecule has 0 aliphatic rings. The number of carbonyl (C=O) groups is 1. The van der Waals surface area contributed by atoms with E-state index in [4.69, 9.17) is 4.74 Å². The maximum atomic E-state index is 11.7. The Morgan fingerprint density at radius 2 is 2.05 bits per heavy atom. The van der Waals surface area contributed by atoms with Gasteiger partial charge in [0.1, 0.15) is 0 Å². The van der Waals surface area contributed by atoms with Crippen molar-refractivity contribution in [3.05, 3.63) is 60.0 Å². The SMILES string of the molecule is COC(=O)c1nccc2c1cnn2Cc1ccccc1. The van der Waals surface area contributed by atoms with E-state index >= 15 is 0 Å². The van der Waals surface area contributed by atoms with Gasteiger partial charge in [0.2, 0.25) is 0 Å². The Labute approximate surface area is 115 Å². The number of carbonyl (C=O) groups excluding carboxylic acids is 1. The van der Waals surface area contributed by atoms with Gasteiger partial charge in [-0.1, -0.05) is 30.3 Å². The zero-order valence-corrected chi connectivity index (χ0v) is 11.0. The molecular formula is C15H13N3O2. The number of rotatable bonds is 3. The molecule has 0 bridgehead atoms. The van der Waals surface area contributed by atoms with E-state index in [-0.39, 0.29) is 0 Å². The Balaban J connectivity index is 2.04. The first-order valence-electron chi connectivity index (χ1n) is 6.22. The van der Waals surface area contributed by atoms with E-state index in [9.17, 15) is 4.79 Å². The van der Waals surface area contributed by atoms with Crippen LogP contribution in [0.1, 0.15) is 16.1 Å². The number of hydrogen-bond acceptors (Lipinski definition) is 4. The zero-order valence-electron chi connectivity index (χ0n) is 11.0. The molecule has 0 radical (unpaired) electrons. The van der Waals surface area contributed by atoms with E-state index in [0.29, 0.717) is 17.6 Å². The van der Waals surface area contributed by atoms with E-state index in [1.807, 2.05) is 41.1 Å². The molecule has 2 heterocycles. The molecule has 3 aromatic rings. The summed E-state index contributed by atoms with van der Waals surface area (Å²) in [6.45, 7) is 0.648. The molecule has 2 aromatic heterocycles. The Kier molecular flexibility index (Phi) is 3.16. The minimum absolute atomic E-state index is 0.296. The number of nitrogens with zero attached hydrogens (tertiary/aromatic N) is 3. The molecule has 100 valence electrons. The molecule has 0 fully saturated rings. The zero-order chi connectivity index (χ0) is 13.9. The topological polar surface area (TPSA) is 57.0 Å². The Hall–Kier alpha value is -2.69. The number of benzene rings is 1. The number of methoxy groups -OCH3 is 1. The van der Waals surface area contributed by atoms with Crippen LogP contribution in [-0.2, 0) is 11.3 Å². The monoisotopic (exact) mass is 267 g/mol. The van der Waals surface area contributed by atoms with Crippen molar-refractivity contribution in [3.8, 4) is 0 Å². The lowest BCUT2D eigenvalue weighted by atomic mass is 10.2. The van der Waals surface area contributed by atoms with Gasteiger partial charge in [-0.25, -0.2) is 9.78 Å². The standard InChI is InChI=1S/C15H13N3O2/c1-20-15(19)14-12-9-17-18(13(12)7-8-16-14)10-11-5-3-2-4-6-11/h2-9H,10H2,1H3.